The van der Waals surface area contributed by atoms with Crippen molar-refractivity contribution in [3.63, 3.8) is 0 Å². The first-order valence-electron chi connectivity index (χ1n) is 11.0. The minimum atomic E-state index is -0.373. The third kappa shape index (κ3) is 5.25. The number of rotatable bonds is 5. The van der Waals surface area contributed by atoms with Crippen LogP contribution in [-0.4, -0.2) is 52.6 Å². The normalized spacial score (nSPS) is 18.0. The average Bonchev–Trinajstić information content (AvgIpc) is 3.13. The summed E-state index contributed by atoms with van der Waals surface area (Å²) in [5.74, 6) is 0.288. The van der Waals surface area contributed by atoms with E-state index in [1.165, 1.54) is 22.9 Å². The molecule has 4 rings (SSSR count). The summed E-state index contributed by atoms with van der Waals surface area (Å²) in [6.07, 6.45) is 1.85. The number of aliphatic imine (C=N–C) groups is 2. The molecule has 1 saturated heterocycles. The zero-order chi connectivity index (χ0) is 21.8. The van der Waals surface area contributed by atoms with Gasteiger partial charge in [-0.2, -0.15) is 0 Å². The molecule has 1 spiro atoms. The Balaban J connectivity index is 1.49. The van der Waals surface area contributed by atoms with E-state index in [2.05, 4.69) is 48.3 Å². The van der Waals surface area contributed by atoms with Crippen LogP contribution >= 0.6 is 11.8 Å². The highest BCUT2D eigenvalue weighted by atomic mass is 32.2. The average molecular weight is 435 g/mol. The smallest absolute Gasteiger partial charge is 0.234 e. The molecule has 0 radical (unpaired) electrons. The number of hydrogen-bond acceptors (Lipinski definition) is 5. The molecule has 0 unspecified atom stereocenters. The minimum absolute atomic E-state index is 0.0263. The van der Waals surface area contributed by atoms with Gasteiger partial charge < -0.3 is 10.2 Å². The third-order valence-electron chi connectivity index (χ3n) is 5.94. The molecule has 1 amide bonds. The molecule has 0 aromatic heterocycles. The Kier molecular flexibility index (Phi) is 6.58. The molecule has 31 heavy (non-hydrogen) atoms. The first kappa shape index (κ1) is 21.8. The van der Waals surface area contributed by atoms with Crippen molar-refractivity contribution in [2.24, 2.45) is 9.98 Å². The van der Waals surface area contributed by atoms with E-state index in [-0.39, 0.29) is 11.6 Å². The van der Waals surface area contributed by atoms with Crippen LogP contribution in [0.5, 0.6) is 0 Å². The Labute approximate surface area is 189 Å². The van der Waals surface area contributed by atoms with Gasteiger partial charge in [0.15, 0.2) is 5.66 Å². The number of likely N-dealkylation sites (tertiary alicyclic amines) is 1. The number of aryl methyl sites for hydroxylation is 2. The second kappa shape index (κ2) is 9.37. The van der Waals surface area contributed by atoms with Crippen LogP contribution in [0.25, 0.3) is 0 Å². The molecule has 2 aromatic carbocycles. The predicted octanol–water partition coefficient (Wildman–Crippen LogP) is 4.69. The fraction of sp³-hybridized carbons (Fsp3) is 0.400. The summed E-state index contributed by atoms with van der Waals surface area (Å²) in [7, 11) is 0. The molecule has 1 fully saturated rings. The molecule has 2 aliphatic rings. The summed E-state index contributed by atoms with van der Waals surface area (Å²) >= 11 is 1.49. The molecule has 1 N–H and O–H groups in total. The number of benzene rings is 2. The van der Waals surface area contributed by atoms with Crippen molar-refractivity contribution in [2.75, 3.05) is 30.7 Å². The molecule has 2 heterocycles. The largest absolute Gasteiger partial charge is 0.325 e. The SMILES string of the molecule is CCN1CCC2(CC1)N=C(SCC(=O)Nc1ccc(C)cc1)C(c1ccc(C)cc1)=N2. The van der Waals surface area contributed by atoms with Crippen molar-refractivity contribution in [1.82, 2.24) is 4.90 Å². The van der Waals surface area contributed by atoms with Gasteiger partial charge in [0, 0.05) is 37.2 Å². The second-order valence-corrected chi connectivity index (χ2v) is 9.33. The van der Waals surface area contributed by atoms with E-state index in [9.17, 15) is 4.79 Å². The van der Waals surface area contributed by atoms with Gasteiger partial charge in [-0.3, -0.25) is 9.79 Å². The zero-order valence-electron chi connectivity index (χ0n) is 18.5. The van der Waals surface area contributed by atoms with Crippen molar-refractivity contribution < 1.29 is 4.79 Å². The van der Waals surface area contributed by atoms with Gasteiger partial charge in [0.1, 0.15) is 5.04 Å². The summed E-state index contributed by atoms with van der Waals surface area (Å²) in [6, 6.07) is 16.3. The fourth-order valence-corrected chi connectivity index (χ4v) is 4.82. The Morgan fingerprint density at radius 2 is 1.61 bits per heavy atom. The maximum absolute atomic E-state index is 12.6. The van der Waals surface area contributed by atoms with E-state index in [4.69, 9.17) is 9.98 Å². The highest BCUT2D eigenvalue weighted by molar-refractivity contribution is 8.16. The van der Waals surface area contributed by atoms with Gasteiger partial charge in [-0.1, -0.05) is 66.2 Å². The first-order valence-corrected chi connectivity index (χ1v) is 11.9. The highest BCUT2D eigenvalue weighted by Gasteiger charge is 2.39. The fourth-order valence-electron chi connectivity index (χ4n) is 3.94. The molecule has 0 aliphatic carbocycles. The lowest BCUT2D eigenvalue weighted by atomic mass is 9.98. The van der Waals surface area contributed by atoms with Crippen LogP contribution in [0.15, 0.2) is 58.5 Å². The van der Waals surface area contributed by atoms with Crippen LogP contribution < -0.4 is 5.32 Å². The molecule has 162 valence electrons. The van der Waals surface area contributed by atoms with Crippen LogP contribution in [0, 0.1) is 13.8 Å². The van der Waals surface area contributed by atoms with Gasteiger partial charge in [0.05, 0.1) is 11.5 Å². The second-order valence-electron chi connectivity index (χ2n) is 8.36. The summed E-state index contributed by atoms with van der Waals surface area (Å²) in [5.41, 5.74) is 4.84. The Bertz CT molecular complexity index is 987. The zero-order valence-corrected chi connectivity index (χ0v) is 19.3. The standard InChI is InChI=1S/C25H30N4OS/c1-4-29-15-13-25(14-16-29)27-23(20-9-5-18(2)6-10-20)24(28-25)31-17-22(30)26-21-11-7-19(3)8-12-21/h5-12H,4,13-17H2,1-3H3,(H,26,30). The summed E-state index contributed by atoms with van der Waals surface area (Å²) < 4.78 is 0. The van der Waals surface area contributed by atoms with Crippen LogP contribution in [0.4, 0.5) is 5.69 Å². The van der Waals surface area contributed by atoms with Crippen molar-refractivity contribution in [3.05, 3.63) is 65.2 Å². The number of carbonyl (C=O) groups excluding carboxylic acids is 1. The van der Waals surface area contributed by atoms with E-state index in [1.807, 2.05) is 31.2 Å². The van der Waals surface area contributed by atoms with Gasteiger partial charge in [-0.05, 0) is 32.5 Å². The van der Waals surface area contributed by atoms with E-state index in [1.54, 1.807) is 0 Å². The Morgan fingerprint density at radius 1 is 1.00 bits per heavy atom. The van der Waals surface area contributed by atoms with E-state index < -0.39 is 0 Å². The first-order chi connectivity index (χ1) is 15.0. The van der Waals surface area contributed by atoms with Gasteiger partial charge in [0.2, 0.25) is 5.91 Å². The van der Waals surface area contributed by atoms with E-state index in [0.717, 1.165) is 54.5 Å². The maximum atomic E-state index is 12.6. The lowest BCUT2D eigenvalue weighted by Gasteiger charge is -2.34. The molecular formula is C25H30N4OS. The molecule has 0 atom stereocenters. The van der Waals surface area contributed by atoms with Crippen molar-refractivity contribution in [1.29, 1.82) is 0 Å². The molecule has 0 saturated carbocycles. The third-order valence-corrected chi connectivity index (χ3v) is 6.90. The molecular weight excluding hydrogens is 404 g/mol. The minimum Gasteiger partial charge on any atom is -0.325 e. The monoisotopic (exact) mass is 434 g/mol. The Morgan fingerprint density at radius 3 is 2.23 bits per heavy atom. The molecule has 2 aliphatic heterocycles. The number of anilines is 1. The van der Waals surface area contributed by atoms with Crippen LogP contribution in [0.2, 0.25) is 0 Å². The quantitative estimate of drug-likeness (QED) is 0.743. The summed E-state index contributed by atoms with van der Waals surface area (Å²) in [6.45, 7) is 9.40. The molecule has 2 aromatic rings. The topological polar surface area (TPSA) is 57.1 Å². The number of hydrogen-bond donors (Lipinski definition) is 1. The molecule has 6 heteroatoms. The molecule has 0 bridgehead atoms. The number of amides is 1. The van der Waals surface area contributed by atoms with E-state index in [0.29, 0.717) is 5.75 Å². The van der Waals surface area contributed by atoms with Crippen molar-refractivity contribution >= 4 is 34.1 Å². The van der Waals surface area contributed by atoms with Crippen LogP contribution in [0.3, 0.4) is 0 Å². The number of piperidine rings is 1. The van der Waals surface area contributed by atoms with Crippen molar-refractivity contribution in [3.8, 4) is 0 Å². The lowest BCUT2D eigenvalue weighted by molar-refractivity contribution is -0.113. The number of thioether (sulfide) groups is 1. The highest BCUT2D eigenvalue weighted by Crippen LogP contribution is 2.35. The molecule has 5 nitrogen and oxygen atoms in total. The van der Waals surface area contributed by atoms with Gasteiger partial charge in [-0.25, -0.2) is 4.99 Å². The van der Waals surface area contributed by atoms with Gasteiger partial charge in [0.25, 0.3) is 0 Å². The van der Waals surface area contributed by atoms with Crippen LogP contribution in [0.1, 0.15) is 36.5 Å². The Hall–Kier alpha value is -2.44. The summed E-state index contributed by atoms with van der Waals surface area (Å²) in [4.78, 5) is 25.2. The number of carbonyl (C=O) groups is 1. The van der Waals surface area contributed by atoms with Gasteiger partial charge in [-0.15, -0.1) is 0 Å². The summed E-state index contributed by atoms with van der Waals surface area (Å²) in [5, 5.41) is 3.86. The van der Waals surface area contributed by atoms with E-state index >= 15 is 0 Å². The predicted molar refractivity (Wildman–Crippen MR) is 131 cm³/mol. The number of nitrogens with zero attached hydrogens (tertiary/aromatic N) is 3. The van der Waals surface area contributed by atoms with Crippen LogP contribution in [-0.2, 0) is 4.79 Å². The van der Waals surface area contributed by atoms with Gasteiger partial charge >= 0.3 is 0 Å². The lowest BCUT2D eigenvalue weighted by Crippen LogP contribution is -2.41. The maximum Gasteiger partial charge on any atom is 0.234 e. The number of nitrogens with one attached hydrogen (secondary N) is 1. The van der Waals surface area contributed by atoms with Crippen molar-refractivity contribution in [2.45, 2.75) is 39.3 Å².